The zero-order chi connectivity index (χ0) is 13.9. The Morgan fingerprint density at radius 2 is 1.74 bits per heavy atom. The Morgan fingerprint density at radius 1 is 1.16 bits per heavy atom. The molecule has 1 atom stereocenters. The van der Waals surface area contributed by atoms with E-state index in [-0.39, 0.29) is 0 Å². The van der Waals surface area contributed by atoms with Crippen LogP contribution in [0.15, 0.2) is 30.3 Å². The molecule has 0 aromatic heterocycles. The molecule has 0 bridgehead atoms. The highest BCUT2D eigenvalue weighted by molar-refractivity contribution is 5.14. The highest BCUT2D eigenvalue weighted by Gasteiger charge is 2.44. The third kappa shape index (κ3) is 3.94. The number of benzene rings is 1. The summed E-state index contributed by atoms with van der Waals surface area (Å²) in [6.45, 7) is 1.97. The molecular weight excluding hydrogens is 255 g/mol. The minimum absolute atomic E-state index is 0.396. The summed E-state index contributed by atoms with van der Waals surface area (Å²) in [6.07, 6.45) is -5.88. The lowest BCUT2D eigenvalue weighted by Gasteiger charge is -2.34. The zero-order valence-electron chi connectivity index (χ0n) is 10.6. The van der Waals surface area contributed by atoms with Crippen molar-refractivity contribution in [2.75, 3.05) is 13.1 Å². The predicted octanol–water partition coefficient (Wildman–Crippen LogP) is 2.82. The molecule has 1 fully saturated rings. The number of nitrogens with zero attached hydrogens (tertiary/aromatic N) is 1. The lowest BCUT2D eigenvalue weighted by molar-refractivity contribution is -0.223. The van der Waals surface area contributed by atoms with Crippen LogP contribution in [-0.4, -0.2) is 35.4 Å². The predicted molar refractivity (Wildman–Crippen MR) is 66.5 cm³/mol. The summed E-state index contributed by atoms with van der Waals surface area (Å²) in [5, 5.41) is 9.24. The Morgan fingerprint density at radius 3 is 2.26 bits per heavy atom. The van der Waals surface area contributed by atoms with Crippen molar-refractivity contribution in [3.05, 3.63) is 35.9 Å². The van der Waals surface area contributed by atoms with Crippen LogP contribution in [0.2, 0.25) is 0 Å². The van der Waals surface area contributed by atoms with Crippen molar-refractivity contribution in [2.45, 2.75) is 31.7 Å². The van der Waals surface area contributed by atoms with Gasteiger partial charge in [-0.1, -0.05) is 30.3 Å². The number of rotatable bonds is 3. The molecular formula is C14H18F3NO. The fraction of sp³-hybridized carbons (Fsp3) is 0.571. The first kappa shape index (κ1) is 14.3. The second-order valence-electron chi connectivity index (χ2n) is 5.09. The summed E-state index contributed by atoms with van der Waals surface area (Å²) >= 11 is 0. The minimum atomic E-state index is -4.49. The molecule has 1 N–H and O–H groups in total. The van der Waals surface area contributed by atoms with Gasteiger partial charge in [0.05, 0.1) is 0 Å². The molecule has 1 aromatic carbocycles. The third-order valence-electron chi connectivity index (χ3n) is 3.66. The van der Waals surface area contributed by atoms with Crippen molar-refractivity contribution in [2.24, 2.45) is 5.92 Å². The van der Waals surface area contributed by atoms with Gasteiger partial charge in [0.2, 0.25) is 0 Å². The first-order valence-corrected chi connectivity index (χ1v) is 6.48. The van der Waals surface area contributed by atoms with E-state index in [4.69, 9.17) is 0 Å². The van der Waals surface area contributed by atoms with Crippen LogP contribution in [-0.2, 0) is 6.54 Å². The summed E-state index contributed by atoms with van der Waals surface area (Å²) in [5.74, 6) is -0.660. The average Bonchev–Trinajstić information content (AvgIpc) is 2.39. The topological polar surface area (TPSA) is 23.5 Å². The summed E-state index contributed by atoms with van der Waals surface area (Å²) < 4.78 is 37.2. The van der Waals surface area contributed by atoms with Crippen LogP contribution in [0, 0.1) is 5.92 Å². The van der Waals surface area contributed by atoms with Gasteiger partial charge in [0, 0.05) is 6.54 Å². The lowest BCUT2D eigenvalue weighted by atomic mass is 9.90. The number of halogens is 3. The number of hydrogen-bond donors (Lipinski definition) is 1. The van der Waals surface area contributed by atoms with Gasteiger partial charge in [-0.05, 0) is 37.4 Å². The Bertz CT molecular complexity index is 385. The van der Waals surface area contributed by atoms with Crippen LogP contribution < -0.4 is 0 Å². The van der Waals surface area contributed by atoms with Crippen molar-refractivity contribution in [1.29, 1.82) is 0 Å². The molecule has 1 aliphatic rings. The number of aliphatic hydroxyl groups is 1. The van der Waals surface area contributed by atoms with E-state index >= 15 is 0 Å². The van der Waals surface area contributed by atoms with Gasteiger partial charge in [0.15, 0.2) is 6.10 Å². The molecule has 0 aliphatic carbocycles. The Hall–Kier alpha value is -1.07. The molecule has 0 amide bonds. The molecule has 106 valence electrons. The summed E-state index contributed by atoms with van der Waals surface area (Å²) in [4.78, 5) is 2.13. The summed E-state index contributed by atoms with van der Waals surface area (Å²) in [6, 6.07) is 9.87. The standard InChI is InChI=1S/C14H18F3NO/c15-14(16,17)13(19)12-6-8-18(9-7-12)10-11-4-2-1-3-5-11/h1-5,12-13,19H,6-10H2. The van der Waals surface area contributed by atoms with Gasteiger partial charge in [-0.2, -0.15) is 13.2 Å². The molecule has 5 heteroatoms. The second kappa shape index (κ2) is 5.92. The van der Waals surface area contributed by atoms with Crippen molar-refractivity contribution in [3.63, 3.8) is 0 Å². The number of aliphatic hydroxyl groups excluding tert-OH is 1. The van der Waals surface area contributed by atoms with Crippen LogP contribution in [0.25, 0.3) is 0 Å². The van der Waals surface area contributed by atoms with E-state index in [1.807, 2.05) is 30.3 Å². The van der Waals surface area contributed by atoms with Crippen LogP contribution in [0.5, 0.6) is 0 Å². The van der Waals surface area contributed by atoms with E-state index in [1.165, 1.54) is 0 Å². The summed E-state index contributed by atoms with van der Waals surface area (Å²) in [5.41, 5.74) is 1.16. The van der Waals surface area contributed by atoms with E-state index in [0.29, 0.717) is 25.9 Å². The molecule has 2 rings (SSSR count). The average molecular weight is 273 g/mol. The molecule has 0 spiro atoms. The minimum Gasteiger partial charge on any atom is -0.383 e. The van der Waals surface area contributed by atoms with Crippen molar-refractivity contribution >= 4 is 0 Å². The van der Waals surface area contributed by atoms with E-state index in [2.05, 4.69) is 4.90 Å². The quantitative estimate of drug-likeness (QED) is 0.915. The van der Waals surface area contributed by atoms with E-state index < -0.39 is 18.2 Å². The fourth-order valence-corrected chi connectivity index (χ4v) is 2.54. The monoisotopic (exact) mass is 273 g/mol. The third-order valence-corrected chi connectivity index (χ3v) is 3.66. The number of alkyl halides is 3. The van der Waals surface area contributed by atoms with Gasteiger partial charge < -0.3 is 5.11 Å². The number of hydrogen-bond acceptors (Lipinski definition) is 2. The largest absolute Gasteiger partial charge is 0.414 e. The SMILES string of the molecule is OC(C1CCN(Cc2ccccc2)CC1)C(F)(F)F. The van der Waals surface area contributed by atoms with E-state index in [0.717, 1.165) is 12.1 Å². The van der Waals surface area contributed by atoms with Gasteiger partial charge in [0.25, 0.3) is 0 Å². The van der Waals surface area contributed by atoms with E-state index in [9.17, 15) is 18.3 Å². The first-order valence-electron chi connectivity index (χ1n) is 6.48. The van der Waals surface area contributed by atoms with Crippen molar-refractivity contribution < 1.29 is 18.3 Å². The van der Waals surface area contributed by atoms with Gasteiger partial charge in [-0.15, -0.1) is 0 Å². The maximum absolute atomic E-state index is 12.4. The molecule has 0 saturated carbocycles. The Balaban J connectivity index is 1.83. The van der Waals surface area contributed by atoms with Gasteiger partial charge in [0.1, 0.15) is 0 Å². The smallest absolute Gasteiger partial charge is 0.383 e. The van der Waals surface area contributed by atoms with Crippen LogP contribution in [0.1, 0.15) is 18.4 Å². The molecule has 1 heterocycles. The van der Waals surface area contributed by atoms with E-state index in [1.54, 1.807) is 0 Å². The van der Waals surface area contributed by atoms with Crippen LogP contribution in [0.4, 0.5) is 13.2 Å². The van der Waals surface area contributed by atoms with Crippen molar-refractivity contribution in [1.82, 2.24) is 4.90 Å². The maximum Gasteiger partial charge on any atom is 0.414 e. The molecule has 2 nitrogen and oxygen atoms in total. The highest BCUT2D eigenvalue weighted by Crippen LogP contribution is 2.31. The second-order valence-corrected chi connectivity index (χ2v) is 5.09. The number of likely N-dealkylation sites (tertiary alicyclic amines) is 1. The Kier molecular flexibility index (Phi) is 4.47. The molecule has 0 radical (unpaired) electrons. The zero-order valence-corrected chi connectivity index (χ0v) is 10.6. The first-order chi connectivity index (χ1) is 8.97. The summed E-state index contributed by atoms with van der Waals surface area (Å²) in [7, 11) is 0. The maximum atomic E-state index is 12.4. The van der Waals surface area contributed by atoms with Gasteiger partial charge in [-0.25, -0.2) is 0 Å². The fourth-order valence-electron chi connectivity index (χ4n) is 2.54. The molecule has 1 unspecified atom stereocenters. The molecule has 1 saturated heterocycles. The lowest BCUT2D eigenvalue weighted by Crippen LogP contribution is -2.43. The Labute approximate surface area is 110 Å². The van der Waals surface area contributed by atoms with Gasteiger partial charge >= 0.3 is 6.18 Å². The normalized spacial score (nSPS) is 20.4. The molecule has 19 heavy (non-hydrogen) atoms. The number of piperidine rings is 1. The van der Waals surface area contributed by atoms with Crippen LogP contribution in [0.3, 0.4) is 0 Å². The molecule has 1 aliphatic heterocycles. The highest BCUT2D eigenvalue weighted by atomic mass is 19.4. The van der Waals surface area contributed by atoms with Crippen LogP contribution >= 0.6 is 0 Å². The van der Waals surface area contributed by atoms with Crippen molar-refractivity contribution in [3.8, 4) is 0 Å². The van der Waals surface area contributed by atoms with Gasteiger partial charge in [-0.3, -0.25) is 4.90 Å². The molecule has 1 aromatic rings.